The van der Waals surface area contributed by atoms with Crippen molar-refractivity contribution >= 4 is 17.5 Å². The van der Waals surface area contributed by atoms with Crippen molar-refractivity contribution in [2.75, 3.05) is 6.61 Å². The van der Waals surface area contributed by atoms with Gasteiger partial charge in [-0.15, -0.1) is 10.2 Å². The monoisotopic (exact) mass is 381 g/mol. The molecule has 0 fully saturated rings. The van der Waals surface area contributed by atoms with Crippen molar-refractivity contribution in [1.82, 2.24) is 24.6 Å². The van der Waals surface area contributed by atoms with Crippen LogP contribution in [-0.2, 0) is 5.75 Å². The van der Waals surface area contributed by atoms with Crippen molar-refractivity contribution < 1.29 is 9.15 Å². The van der Waals surface area contributed by atoms with Crippen LogP contribution in [-0.4, -0.2) is 31.2 Å². The summed E-state index contributed by atoms with van der Waals surface area (Å²) >= 11 is 1.45. The molecule has 0 bridgehead atoms. The fourth-order valence-corrected chi connectivity index (χ4v) is 3.47. The molecule has 0 saturated carbocycles. The van der Waals surface area contributed by atoms with Gasteiger partial charge in [-0.25, -0.2) is 9.97 Å². The molecule has 0 aliphatic heterocycles. The van der Waals surface area contributed by atoms with Crippen LogP contribution in [0, 0.1) is 13.8 Å². The fraction of sp³-hybridized carbons (Fsp3) is 0.263. The lowest BCUT2D eigenvalue weighted by Crippen LogP contribution is -1.94. The van der Waals surface area contributed by atoms with E-state index in [-0.39, 0.29) is 0 Å². The summed E-state index contributed by atoms with van der Waals surface area (Å²) in [6, 6.07) is 9.67. The highest BCUT2D eigenvalue weighted by Crippen LogP contribution is 2.31. The van der Waals surface area contributed by atoms with Gasteiger partial charge in [0.25, 0.3) is 11.1 Å². The Kier molecular flexibility index (Phi) is 4.81. The second-order valence-corrected chi connectivity index (χ2v) is 6.96. The number of hydrogen-bond acceptors (Lipinski definition) is 7. The Bertz CT molecular complexity index is 1090. The predicted molar refractivity (Wildman–Crippen MR) is 103 cm³/mol. The number of ether oxygens (including phenoxy) is 1. The van der Waals surface area contributed by atoms with Crippen molar-refractivity contribution in [3.63, 3.8) is 0 Å². The van der Waals surface area contributed by atoms with E-state index < -0.39 is 0 Å². The van der Waals surface area contributed by atoms with Gasteiger partial charge in [-0.2, -0.15) is 0 Å². The highest BCUT2D eigenvalue weighted by molar-refractivity contribution is 7.98. The zero-order chi connectivity index (χ0) is 18.8. The van der Waals surface area contributed by atoms with Gasteiger partial charge in [0.1, 0.15) is 5.75 Å². The van der Waals surface area contributed by atoms with Crippen LogP contribution < -0.4 is 4.74 Å². The van der Waals surface area contributed by atoms with Crippen LogP contribution in [0.3, 0.4) is 0 Å². The highest BCUT2D eigenvalue weighted by Gasteiger charge is 2.14. The molecule has 0 radical (unpaired) electrons. The van der Waals surface area contributed by atoms with Crippen molar-refractivity contribution in [3.05, 3.63) is 53.6 Å². The second-order valence-electron chi connectivity index (χ2n) is 6.03. The van der Waals surface area contributed by atoms with Crippen LogP contribution in [0.15, 0.2) is 46.2 Å². The summed E-state index contributed by atoms with van der Waals surface area (Å²) in [5.41, 5.74) is 3.77. The topological polar surface area (TPSA) is 78.3 Å². The molecular weight excluding hydrogens is 362 g/mol. The van der Waals surface area contributed by atoms with E-state index in [1.165, 1.54) is 11.8 Å². The van der Waals surface area contributed by atoms with E-state index in [2.05, 4.69) is 20.2 Å². The molecule has 138 valence electrons. The Morgan fingerprint density at radius 1 is 1.15 bits per heavy atom. The number of para-hydroxylation sites is 1. The number of thioether (sulfide) groups is 1. The number of rotatable bonds is 6. The summed E-state index contributed by atoms with van der Waals surface area (Å²) in [5, 5.41) is 8.78. The van der Waals surface area contributed by atoms with E-state index >= 15 is 0 Å². The van der Waals surface area contributed by atoms with Gasteiger partial charge >= 0.3 is 0 Å². The SMILES string of the molecule is CCOc1ccccc1-c1nnc(SCc2cn3c(C)cc(C)nc3n2)o1. The summed E-state index contributed by atoms with van der Waals surface area (Å²) < 4.78 is 13.4. The Morgan fingerprint density at radius 3 is 2.85 bits per heavy atom. The molecule has 3 heterocycles. The Morgan fingerprint density at radius 2 is 2.00 bits per heavy atom. The molecule has 3 aromatic heterocycles. The van der Waals surface area contributed by atoms with Crippen LogP contribution in [0.25, 0.3) is 17.2 Å². The average molecular weight is 381 g/mol. The van der Waals surface area contributed by atoms with Gasteiger partial charge in [0.2, 0.25) is 5.78 Å². The molecule has 1 aromatic carbocycles. The molecule has 0 aliphatic rings. The van der Waals surface area contributed by atoms with E-state index in [0.717, 1.165) is 28.4 Å². The number of nitrogens with zero attached hydrogens (tertiary/aromatic N) is 5. The fourth-order valence-electron chi connectivity index (χ4n) is 2.83. The molecule has 0 spiro atoms. The van der Waals surface area contributed by atoms with Crippen LogP contribution in [0.4, 0.5) is 0 Å². The van der Waals surface area contributed by atoms with E-state index in [9.17, 15) is 0 Å². The third kappa shape index (κ3) is 3.66. The van der Waals surface area contributed by atoms with Gasteiger partial charge in [-0.05, 0) is 39.0 Å². The maximum absolute atomic E-state index is 5.81. The summed E-state index contributed by atoms with van der Waals surface area (Å²) in [6.07, 6.45) is 1.99. The van der Waals surface area contributed by atoms with Crippen molar-refractivity contribution in [3.8, 4) is 17.2 Å². The minimum Gasteiger partial charge on any atom is -0.493 e. The number of benzene rings is 1. The lowest BCUT2D eigenvalue weighted by atomic mass is 10.2. The van der Waals surface area contributed by atoms with Crippen molar-refractivity contribution in [2.45, 2.75) is 31.7 Å². The third-order valence-corrected chi connectivity index (χ3v) is 4.83. The summed E-state index contributed by atoms with van der Waals surface area (Å²) in [5.74, 6) is 2.51. The van der Waals surface area contributed by atoms with Crippen molar-refractivity contribution in [1.29, 1.82) is 0 Å². The Balaban J connectivity index is 1.51. The average Bonchev–Trinajstić information content (AvgIpc) is 3.27. The van der Waals surface area contributed by atoms with E-state index in [0.29, 0.717) is 29.3 Å². The largest absolute Gasteiger partial charge is 0.493 e. The standard InChI is InChI=1S/C19H19N5O2S/c1-4-25-16-8-6-5-7-15(16)17-22-23-19(26-17)27-11-14-10-24-13(3)9-12(2)20-18(24)21-14/h5-10H,4,11H2,1-3H3. The lowest BCUT2D eigenvalue weighted by Gasteiger charge is -2.05. The Labute approximate surface area is 160 Å². The number of fused-ring (bicyclic) bond motifs is 1. The van der Waals surface area contributed by atoms with Crippen molar-refractivity contribution in [2.24, 2.45) is 0 Å². The number of aromatic nitrogens is 5. The molecule has 4 rings (SSSR count). The maximum atomic E-state index is 5.81. The normalized spacial score (nSPS) is 11.2. The molecule has 0 atom stereocenters. The zero-order valence-electron chi connectivity index (χ0n) is 15.3. The molecule has 0 unspecified atom stereocenters. The van der Waals surface area contributed by atoms with Gasteiger partial charge in [-0.3, -0.25) is 4.40 Å². The molecule has 0 aliphatic carbocycles. The van der Waals surface area contributed by atoms with Gasteiger partial charge in [0.15, 0.2) is 0 Å². The molecule has 7 nitrogen and oxygen atoms in total. The molecule has 8 heteroatoms. The Hall–Kier alpha value is -2.87. The molecule has 0 amide bonds. The van der Waals surface area contributed by atoms with Gasteiger partial charge in [0, 0.05) is 23.3 Å². The number of hydrogen-bond donors (Lipinski definition) is 0. The van der Waals surface area contributed by atoms with E-state index in [1.807, 2.05) is 61.7 Å². The molecule has 0 N–H and O–H groups in total. The minimum atomic E-state index is 0.449. The quantitative estimate of drug-likeness (QED) is 0.466. The second kappa shape index (κ2) is 7.40. The van der Waals surface area contributed by atoms with E-state index in [1.54, 1.807) is 0 Å². The van der Waals surface area contributed by atoms with Crippen LogP contribution in [0.5, 0.6) is 5.75 Å². The van der Waals surface area contributed by atoms with Crippen LogP contribution in [0.1, 0.15) is 24.0 Å². The van der Waals surface area contributed by atoms with Gasteiger partial charge in [-0.1, -0.05) is 23.9 Å². The summed E-state index contributed by atoms with van der Waals surface area (Å²) in [4.78, 5) is 9.03. The lowest BCUT2D eigenvalue weighted by molar-refractivity contribution is 0.340. The predicted octanol–water partition coefficient (Wildman–Crippen LogP) is 4.09. The molecule has 27 heavy (non-hydrogen) atoms. The van der Waals surface area contributed by atoms with E-state index in [4.69, 9.17) is 9.15 Å². The number of aryl methyl sites for hydroxylation is 2. The first-order valence-electron chi connectivity index (χ1n) is 8.64. The first kappa shape index (κ1) is 17.5. The van der Waals surface area contributed by atoms with Gasteiger partial charge < -0.3 is 9.15 Å². The number of imidazole rings is 1. The maximum Gasteiger partial charge on any atom is 0.277 e. The zero-order valence-corrected chi connectivity index (χ0v) is 16.2. The third-order valence-electron chi connectivity index (χ3n) is 3.98. The van der Waals surface area contributed by atoms with Crippen LogP contribution in [0.2, 0.25) is 0 Å². The molecule has 4 aromatic rings. The summed E-state index contributed by atoms with van der Waals surface area (Å²) in [7, 11) is 0. The summed E-state index contributed by atoms with van der Waals surface area (Å²) in [6.45, 7) is 6.53. The highest BCUT2D eigenvalue weighted by atomic mass is 32.2. The molecule has 0 saturated heterocycles. The first-order chi connectivity index (χ1) is 13.1. The first-order valence-corrected chi connectivity index (χ1v) is 9.63. The smallest absolute Gasteiger partial charge is 0.277 e. The van der Waals surface area contributed by atoms with Gasteiger partial charge in [0.05, 0.1) is 17.9 Å². The van der Waals surface area contributed by atoms with Crippen LogP contribution >= 0.6 is 11.8 Å². The molecular formula is C19H19N5O2S. The minimum absolute atomic E-state index is 0.449.